The summed E-state index contributed by atoms with van der Waals surface area (Å²) in [4.78, 5) is 13.2. The molecule has 0 saturated carbocycles. The van der Waals surface area contributed by atoms with Crippen molar-refractivity contribution in [2.75, 3.05) is 12.3 Å². The maximum Gasteiger partial charge on any atom is 0.326 e. The van der Waals surface area contributed by atoms with Crippen molar-refractivity contribution in [2.24, 2.45) is 0 Å². The van der Waals surface area contributed by atoms with Crippen LogP contribution in [0.5, 0.6) is 0 Å². The predicted octanol–water partition coefficient (Wildman–Crippen LogP) is 4.81. The van der Waals surface area contributed by atoms with E-state index in [1.54, 1.807) is 50.7 Å². The molecule has 1 aromatic heterocycles. The van der Waals surface area contributed by atoms with Crippen molar-refractivity contribution in [1.29, 1.82) is 0 Å². The summed E-state index contributed by atoms with van der Waals surface area (Å²) in [7, 11) is -3.95. The minimum absolute atomic E-state index is 0.107. The molecule has 166 valence electrons. The number of benzene rings is 2. The minimum Gasteiger partial charge on any atom is -0.459 e. The van der Waals surface area contributed by atoms with Crippen molar-refractivity contribution in [2.45, 2.75) is 55.9 Å². The second kappa shape index (κ2) is 7.53. The lowest BCUT2D eigenvalue weighted by molar-refractivity contribution is -0.160. The normalized spacial score (nSPS) is 20.2. The number of esters is 1. The molecule has 8 heteroatoms. The van der Waals surface area contributed by atoms with Gasteiger partial charge < -0.3 is 9.15 Å². The largest absolute Gasteiger partial charge is 0.459 e. The molecular weight excluding hydrogens is 434 g/mol. The third kappa shape index (κ3) is 4.08. The van der Waals surface area contributed by atoms with E-state index in [9.17, 15) is 13.2 Å². The third-order valence-electron chi connectivity index (χ3n) is 5.32. The van der Waals surface area contributed by atoms with E-state index in [4.69, 9.17) is 9.15 Å². The average molecular weight is 462 g/mol. The highest BCUT2D eigenvalue weighted by molar-refractivity contribution is 8.00. The number of carbonyl (C=O) groups excluding carboxylic acids is 1. The fourth-order valence-electron chi connectivity index (χ4n) is 3.97. The number of fused-ring (bicyclic) bond motifs is 3. The molecule has 2 aromatic carbocycles. The van der Waals surface area contributed by atoms with Gasteiger partial charge in [-0.05, 0) is 52.8 Å². The van der Waals surface area contributed by atoms with Crippen LogP contribution in [0.15, 0.2) is 51.8 Å². The van der Waals surface area contributed by atoms with Crippen LogP contribution in [0.4, 0.5) is 0 Å². The molecule has 3 aromatic rings. The Labute approximate surface area is 187 Å². The predicted molar refractivity (Wildman–Crippen MR) is 124 cm³/mol. The van der Waals surface area contributed by atoms with Gasteiger partial charge in [0.25, 0.3) is 0 Å². The molecule has 1 aliphatic rings. The van der Waals surface area contributed by atoms with Crippen LogP contribution in [0.1, 0.15) is 34.6 Å². The van der Waals surface area contributed by atoms with Gasteiger partial charge in [0.05, 0.1) is 4.90 Å². The average Bonchev–Trinajstić information content (AvgIpc) is 3.03. The van der Waals surface area contributed by atoms with E-state index in [1.165, 1.54) is 4.31 Å². The fraction of sp³-hybridized carbons (Fsp3) is 0.435. The maximum absolute atomic E-state index is 13.7. The van der Waals surface area contributed by atoms with Gasteiger partial charge in [-0.15, -0.1) is 0 Å². The molecular formula is C23H27NO5S2. The zero-order valence-electron chi connectivity index (χ0n) is 18.3. The number of carbonyl (C=O) groups is 1. The number of sulfonamides is 1. The van der Waals surface area contributed by atoms with E-state index in [1.807, 2.05) is 38.1 Å². The number of nitrogens with zero attached hydrogens (tertiary/aromatic N) is 1. The molecule has 4 rings (SSSR count). The summed E-state index contributed by atoms with van der Waals surface area (Å²) < 4.78 is 39.5. The first-order valence-electron chi connectivity index (χ1n) is 10.2. The fourth-order valence-corrected chi connectivity index (χ4v) is 7.08. The molecule has 0 unspecified atom stereocenters. The number of thioether (sulfide) groups is 1. The molecule has 6 nitrogen and oxygen atoms in total. The van der Waals surface area contributed by atoms with Crippen molar-refractivity contribution in [3.05, 3.63) is 42.5 Å². The number of hydrogen-bond acceptors (Lipinski definition) is 6. The van der Waals surface area contributed by atoms with E-state index < -0.39 is 32.4 Å². The van der Waals surface area contributed by atoms with Gasteiger partial charge in [0.2, 0.25) is 10.0 Å². The van der Waals surface area contributed by atoms with Gasteiger partial charge in [0, 0.05) is 33.9 Å². The highest BCUT2D eigenvalue weighted by Crippen LogP contribution is 2.40. The van der Waals surface area contributed by atoms with Gasteiger partial charge in [-0.3, -0.25) is 4.79 Å². The number of furan rings is 1. The second-order valence-corrected chi connectivity index (χ2v) is 12.9. The Morgan fingerprint density at radius 3 is 2.52 bits per heavy atom. The summed E-state index contributed by atoms with van der Waals surface area (Å²) in [5, 5.41) is 1.79. The molecule has 0 N–H and O–H groups in total. The number of rotatable bonds is 3. The summed E-state index contributed by atoms with van der Waals surface area (Å²) in [6.07, 6.45) is 0. The molecule has 0 aliphatic carbocycles. The van der Waals surface area contributed by atoms with Gasteiger partial charge in [0.1, 0.15) is 22.8 Å². The van der Waals surface area contributed by atoms with Crippen LogP contribution in [0.25, 0.3) is 21.9 Å². The van der Waals surface area contributed by atoms with Crippen molar-refractivity contribution in [3.8, 4) is 0 Å². The van der Waals surface area contributed by atoms with E-state index >= 15 is 0 Å². The first-order valence-corrected chi connectivity index (χ1v) is 12.6. The molecule has 1 aliphatic heterocycles. The van der Waals surface area contributed by atoms with Gasteiger partial charge in [-0.2, -0.15) is 16.1 Å². The molecule has 2 heterocycles. The molecule has 0 spiro atoms. The van der Waals surface area contributed by atoms with Crippen LogP contribution in [-0.4, -0.2) is 47.4 Å². The first kappa shape index (κ1) is 22.2. The van der Waals surface area contributed by atoms with E-state index in [-0.39, 0.29) is 11.4 Å². The van der Waals surface area contributed by atoms with Crippen LogP contribution in [-0.2, 0) is 19.6 Å². The van der Waals surface area contributed by atoms with Crippen LogP contribution in [0.2, 0.25) is 0 Å². The highest BCUT2D eigenvalue weighted by atomic mass is 32.2. The van der Waals surface area contributed by atoms with Gasteiger partial charge >= 0.3 is 5.97 Å². The summed E-state index contributed by atoms with van der Waals surface area (Å²) >= 11 is 1.58. The topological polar surface area (TPSA) is 76.8 Å². The maximum atomic E-state index is 13.7. The lowest BCUT2D eigenvalue weighted by atomic mass is 10.0. The smallest absolute Gasteiger partial charge is 0.326 e. The van der Waals surface area contributed by atoms with Gasteiger partial charge in [0.15, 0.2) is 0 Å². The summed E-state index contributed by atoms with van der Waals surface area (Å²) in [5.74, 6) is 0.0661. The Balaban J connectivity index is 1.78. The van der Waals surface area contributed by atoms with Crippen molar-refractivity contribution < 1.29 is 22.4 Å². The van der Waals surface area contributed by atoms with E-state index in [0.29, 0.717) is 16.9 Å². The molecule has 31 heavy (non-hydrogen) atoms. The molecule has 1 atom stereocenters. The SMILES string of the molecule is CC(C)(C)OC(=O)[C@@H]1N(S(=O)(=O)c2ccc3c(c2)oc2ccccc23)CCSC1(C)C. The Morgan fingerprint density at radius 1 is 1.13 bits per heavy atom. The molecule has 1 fully saturated rings. The Hall–Kier alpha value is -2.03. The Kier molecular flexibility index (Phi) is 5.39. The molecule has 0 radical (unpaired) electrons. The monoisotopic (exact) mass is 461 g/mol. The summed E-state index contributed by atoms with van der Waals surface area (Å²) in [6, 6.07) is 11.6. The van der Waals surface area contributed by atoms with Crippen molar-refractivity contribution in [1.82, 2.24) is 4.31 Å². The lowest BCUT2D eigenvalue weighted by Gasteiger charge is -2.44. The van der Waals surface area contributed by atoms with Crippen molar-refractivity contribution in [3.63, 3.8) is 0 Å². The lowest BCUT2D eigenvalue weighted by Crippen LogP contribution is -2.59. The summed E-state index contributed by atoms with van der Waals surface area (Å²) in [5.41, 5.74) is 0.494. The van der Waals surface area contributed by atoms with Crippen LogP contribution in [0, 0.1) is 0 Å². The molecule has 0 bridgehead atoms. The highest BCUT2D eigenvalue weighted by Gasteiger charge is 2.50. The number of ether oxygens (including phenoxy) is 1. The molecule has 1 saturated heterocycles. The minimum atomic E-state index is -3.95. The van der Waals surface area contributed by atoms with Crippen LogP contribution < -0.4 is 0 Å². The van der Waals surface area contributed by atoms with E-state index in [0.717, 1.165) is 10.8 Å². The first-order chi connectivity index (χ1) is 14.4. The zero-order valence-corrected chi connectivity index (χ0v) is 20.0. The standard InChI is InChI=1S/C23H27NO5S2/c1-22(2,3)29-21(25)20-23(4,5)30-13-12-24(20)31(26,27)15-10-11-17-16-8-6-7-9-18(16)28-19(17)14-15/h6-11,14,20H,12-13H2,1-5H3/t20-/m0/s1. The third-order valence-corrected chi connectivity index (χ3v) is 8.53. The van der Waals surface area contributed by atoms with Gasteiger partial charge in [-0.1, -0.05) is 18.2 Å². The molecule has 0 amide bonds. The Morgan fingerprint density at radius 2 is 1.81 bits per heavy atom. The zero-order chi connectivity index (χ0) is 22.6. The van der Waals surface area contributed by atoms with Gasteiger partial charge in [-0.25, -0.2) is 8.42 Å². The summed E-state index contributed by atoms with van der Waals surface area (Å²) in [6.45, 7) is 9.35. The number of para-hydroxylation sites is 1. The van der Waals surface area contributed by atoms with Crippen LogP contribution >= 0.6 is 11.8 Å². The quantitative estimate of drug-likeness (QED) is 0.521. The van der Waals surface area contributed by atoms with E-state index in [2.05, 4.69) is 0 Å². The second-order valence-electron chi connectivity index (χ2n) is 9.26. The number of hydrogen-bond donors (Lipinski definition) is 0. The Bertz CT molecular complexity index is 1250. The van der Waals surface area contributed by atoms with Crippen molar-refractivity contribution >= 4 is 49.7 Å². The van der Waals surface area contributed by atoms with Crippen LogP contribution in [0.3, 0.4) is 0 Å².